The Morgan fingerprint density at radius 2 is 2.14 bits per heavy atom. The van der Waals surface area contributed by atoms with E-state index in [1.165, 1.54) is 24.3 Å². The summed E-state index contributed by atoms with van der Waals surface area (Å²) in [5.41, 5.74) is 0.328. The summed E-state index contributed by atoms with van der Waals surface area (Å²) in [6, 6.07) is 4.46. The predicted molar refractivity (Wildman–Crippen MR) is 73.4 cm³/mol. The van der Waals surface area contributed by atoms with E-state index in [4.69, 9.17) is 10.2 Å². The van der Waals surface area contributed by atoms with Crippen molar-refractivity contribution in [3.63, 3.8) is 0 Å². The van der Waals surface area contributed by atoms with E-state index in [-0.39, 0.29) is 18.7 Å². The van der Waals surface area contributed by atoms with Gasteiger partial charge in [-0.25, -0.2) is 4.79 Å². The first kappa shape index (κ1) is 16.3. The standard InChI is InChI=1S/C13H14N2O6/c16-7-6-11(13(18)19)14-12(17)5-4-9-2-1-3-10(8-9)15(20)21/h1-5,8,11,16H,6-7H2,(H,14,17)(H,18,19). The number of hydrogen-bond acceptors (Lipinski definition) is 5. The number of amides is 1. The number of carboxylic acid groups (broad SMARTS) is 1. The summed E-state index contributed by atoms with van der Waals surface area (Å²) < 4.78 is 0. The van der Waals surface area contributed by atoms with E-state index in [0.717, 1.165) is 6.08 Å². The largest absolute Gasteiger partial charge is 0.480 e. The number of aliphatic hydroxyl groups excluding tert-OH is 1. The maximum atomic E-state index is 11.5. The third-order valence-electron chi connectivity index (χ3n) is 2.54. The van der Waals surface area contributed by atoms with Crippen LogP contribution >= 0.6 is 0 Å². The van der Waals surface area contributed by atoms with Gasteiger partial charge < -0.3 is 15.5 Å². The Labute approximate surface area is 119 Å². The van der Waals surface area contributed by atoms with E-state index in [1.807, 2.05) is 0 Å². The van der Waals surface area contributed by atoms with Gasteiger partial charge in [0.25, 0.3) is 5.69 Å². The fraction of sp³-hybridized carbons (Fsp3) is 0.231. The summed E-state index contributed by atoms with van der Waals surface area (Å²) >= 11 is 0. The van der Waals surface area contributed by atoms with Crippen LogP contribution in [-0.4, -0.2) is 39.7 Å². The lowest BCUT2D eigenvalue weighted by Gasteiger charge is -2.11. The zero-order valence-corrected chi connectivity index (χ0v) is 10.9. The number of non-ortho nitro benzene ring substituents is 1. The van der Waals surface area contributed by atoms with E-state index in [0.29, 0.717) is 5.56 Å². The first-order valence-corrected chi connectivity index (χ1v) is 6.00. The molecular weight excluding hydrogens is 280 g/mol. The molecule has 1 unspecified atom stereocenters. The van der Waals surface area contributed by atoms with Crippen LogP contribution in [0.25, 0.3) is 6.08 Å². The third-order valence-corrected chi connectivity index (χ3v) is 2.54. The van der Waals surface area contributed by atoms with Gasteiger partial charge in [-0.2, -0.15) is 0 Å². The van der Waals surface area contributed by atoms with Gasteiger partial charge in [-0.05, 0) is 11.6 Å². The molecule has 0 aliphatic carbocycles. The summed E-state index contributed by atoms with van der Waals surface area (Å²) in [4.78, 5) is 32.4. The maximum Gasteiger partial charge on any atom is 0.326 e. The molecule has 0 aliphatic rings. The molecule has 0 spiro atoms. The van der Waals surface area contributed by atoms with Gasteiger partial charge in [-0.1, -0.05) is 12.1 Å². The molecule has 0 bridgehead atoms. The number of nitrogens with zero attached hydrogens (tertiary/aromatic N) is 1. The number of benzene rings is 1. The van der Waals surface area contributed by atoms with E-state index in [9.17, 15) is 19.7 Å². The average Bonchev–Trinajstić information content (AvgIpc) is 2.45. The van der Waals surface area contributed by atoms with Crippen LogP contribution in [0.4, 0.5) is 5.69 Å². The molecule has 1 aromatic carbocycles. The number of nitrogens with one attached hydrogen (secondary N) is 1. The van der Waals surface area contributed by atoms with Gasteiger partial charge in [0.1, 0.15) is 6.04 Å². The molecule has 0 aromatic heterocycles. The molecular formula is C13H14N2O6. The van der Waals surface area contributed by atoms with E-state index in [2.05, 4.69) is 5.32 Å². The number of carboxylic acids is 1. The Balaban J connectivity index is 2.71. The number of hydrogen-bond donors (Lipinski definition) is 3. The van der Waals surface area contributed by atoms with E-state index < -0.39 is 22.8 Å². The first-order chi connectivity index (χ1) is 9.93. The minimum atomic E-state index is -1.25. The summed E-state index contributed by atoms with van der Waals surface area (Å²) in [7, 11) is 0. The molecule has 0 radical (unpaired) electrons. The van der Waals surface area contributed by atoms with Gasteiger partial charge >= 0.3 is 5.97 Å². The topological polar surface area (TPSA) is 130 Å². The van der Waals surface area contributed by atoms with Crippen molar-refractivity contribution in [2.45, 2.75) is 12.5 Å². The number of nitro groups is 1. The molecule has 0 saturated heterocycles. The number of carbonyl (C=O) groups is 2. The zero-order valence-electron chi connectivity index (χ0n) is 10.9. The molecule has 112 valence electrons. The van der Waals surface area contributed by atoms with Crippen molar-refractivity contribution in [2.24, 2.45) is 0 Å². The van der Waals surface area contributed by atoms with Gasteiger partial charge in [-0.3, -0.25) is 14.9 Å². The fourth-order valence-electron chi connectivity index (χ4n) is 1.52. The van der Waals surface area contributed by atoms with Crippen molar-refractivity contribution in [2.75, 3.05) is 6.61 Å². The lowest BCUT2D eigenvalue weighted by molar-refractivity contribution is -0.384. The first-order valence-electron chi connectivity index (χ1n) is 6.00. The number of aliphatic hydroxyl groups is 1. The summed E-state index contributed by atoms with van der Waals surface area (Å²) in [5.74, 6) is -1.91. The predicted octanol–water partition coefficient (Wildman–Crippen LogP) is 0.560. The number of aliphatic carboxylic acids is 1. The highest BCUT2D eigenvalue weighted by atomic mass is 16.6. The minimum absolute atomic E-state index is 0.105. The van der Waals surface area contributed by atoms with Crippen molar-refractivity contribution >= 4 is 23.6 Å². The molecule has 1 amide bonds. The molecule has 8 nitrogen and oxygen atoms in total. The van der Waals surface area contributed by atoms with E-state index in [1.54, 1.807) is 6.07 Å². The van der Waals surface area contributed by atoms with Crippen LogP contribution in [0.2, 0.25) is 0 Å². The van der Waals surface area contributed by atoms with Crippen LogP contribution in [0.3, 0.4) is 0 Å². The second-order valence-corrected chi connectivity index (χ2v) is 4.10. The van der Waals surface area contributed by atoms with Crippen LogP contribution in [-0.2, 0) is 9.59 Å². The molecule has 0 aliphatic heterocycles. The third kappa shape index (κ3) is 5.41. The summed E-state index contributed by atoms with van der Waals surface area (Å²) in [5, 5.41) is 30.3. The van der Waals surface area contributed by atoms with Crippen LogP contribution in [0, 0.1) is 10.1 Å². The Morgan fingerprint density at radius 3 is 2.71 bits per heavy atom. The highest BCUT2D eigenvalue weighted by Crippen LogP contribution is 2.13. The van der Waals surface area contributed by atoms with Crippen molar-refractivity contribution in [3.05, 3.63) is 46.0 Å². The smallest absolute Gasteiger partial charge is 0.326 e. The van der Waals surface area contributed by atoms with Gasteiger partial charge in [0.15, 0.2) is 0 Å². The molecule has 0 fully saturated rings. The summed E-state index contributed by atoms with van der Waals surface area (Å²) in [6.07, 6.45) is 2.30. The maximum absolute atomic E-state index is 11.5. The monoisotopic (exact) mass is 294 g/mol. The zero-order chi connectivity index (χ0) is 15.8. The molecule has 1 aromatic rings. The quantitative estimate of drug-likeness (QED) is 0.382. The van der Waals surface area contributed by atoms with Crippen molar-refractivity contribution in [3.8, 4) is 0 Å². The van der Waals surface area contributed by atoms with Gasteiger partial charge in [0, 0.05) is 31.2 Å². The lowest BCUT2D eigenvalue weighted by Crippen LogP contribution is -2.40. The number of nitro benzene ring substituents is 1. The molecule has 1 atom stereocenters. The molecule has 3 N–H and O–H groups in total. The Hall–Kier alpha value is -2.74. The van der Waals surface area contributed by atoms with Gasteiger partial charge in [0.05, 0.1) is 4.92 Å². The average molecular weight is 294 g/mol. The highest BCUT2D eigenvalue weighted by molar-refractivity contribution is 5.94. The highest BCUT2D eigenvalue weighted by Gasteiger charge is 2.17. The van der Waals surface area contributed by atoms with Crippen molar-refractivity contribution in [1.29, 1.82) is 0 Å². The van der Waals surface area contributed by atoms with Gasteiger partial charge in [-0.15, -0.1) is 0 Å². The SMILES string of the molecule is O=C(C=Cc1cccc([N+](=O)[O-])c1)NC(CCO)C(=O)O. The normalized spacial score (nSPS) is 12.0. The second kappa shape index (κ2) is 7.75. The fourth-order valence-corrected chi connectivity index (χ4v) is 1.52. The number of rotatable bonds is 7. The molecule has 0 saturated carbocycles. The second-order valence-electron chi connectivity index (χ2n) is 4.10. The number of carbonyl (C=O) groups excluding carboxylic acids is 1. The molecule has 8 heteroatoms. The molecule has 1 rings (SSSR count). The van der Waals surface area contributed by atoms with Crippen LogP contribution in [0.5, 0.6) is 0 Å². The van der Waals surface area contributed by atoms with Crippen LogP contribution in [0.1, 0.15) is 12.0 Å². The summed E-state index contributed by atoms with van der Waals surface area (Å²) in [6.45, 7) is -0.369. The Morgan fingerprint density at radius 1 is 1.43 bits per heavy atom. The van der Waals surface area contributed by atoms with Gasteiger partial charge in [0.2, 0.25) is 5.91 Å². The lowest BCUT2D eigenvalue weighted by atomic mass is 10.2. The van der Waals surface area contributed by atoms with Crippen molar-refractivity contribution in [1.82, 2.24) is 5.32 Å². The molecule has 0 heterocycles. The Kier molecular flexibility index (Phi) is 6.02. The molecule has 21 heavy (non-hydrogen) atoms. The minimum Gasteiger partial charge on any atom is -0.480 e. The van der Waals surface area contributed by atoms with Crippen LogP contribution in [0.15, 0.2) is 30.3 Å². The van der Waals surface area contributed by atoms with Crippen LogP contribution < -0.4 is 5.32 Å². The van der Waals surface area contributed by atoms with Crippen molar-refractivity contribution < 1.29 is 24.7 Å². The van der Waals surface area contributed by atoms with E-state index >= 15 is 0 Å². The Bertz CT molecular complexity index is 570.